The van der Waals surface area contributed by atoms with Gasteiger partial charge in [-0.2, -0.15) is 0 Å². The molecule has 96 valence electrons. The number of hydrogen-bond donors (Lipinski definition) is 2. The van der Waals surface area contributed by atoms with Crippen molar-refractivity contribution in [3.05, 3.63) is 33.8 Å². The van der Waals surface area contributed by atoms with Crippen molar-refractivity contribution in [1.82, 2.24) is 5.32 Å². The van der Waals surface area contributed by atoms with Gasteiger partial charge in [0, 0.05) is 16.6 Å². The molecule has 0 radical (unpaired) electrons. The van der Waals surface area contributed by atoms with Crippen molar-refractivity contribution in [1.29, 1.82) is 0 Å². The number of nitrogens with one attached hydrogen (secondary N) is 1. The average Bonchev–Trinajstić information content (AvgIpc) is 2.23. The van der Waals surface area contributed by atoms with Crippen LogP contribution >= 0.6 is 35.6 Å². The fourth-order valence-corrected chi connectivity index (χ4v) is 1.71. The van der Waals surface area contributed by atoms with Crippen LogP contribution in [0.3, 0.4) is 0 Å². The van der Waals surface area contributed by atoms with Gasteiger partial charge in [-0.15, -0.1) is 12.4 Å². The van der Waals surface area contributed by atoms with Gasteiger partial charge in [-0.3, -0.25) is 4.79 Å². The monoisotopic (exact) mass is 296 g/mol. The summed E-state index contributed by atoms with van der Waals surface area (Å²) in [6, 6.07) is 5.11. The van der Waals surface area contributed by atoms with Crippen LogP contribution < -0.4 is 11.1 Å². The molecule has 0 saturated heterocycles. The molecule has 0 spiro atoms. The Hall–Kier alpha value is -0.480. The van der Waals surface area contributed by atoms with Gasteiger partial charge in [0.2, 0.25) is 5.91 Å². The summed E-state index contributed by atoms with van der Waals surface area (Å²) in [4.78, 5) is 11.5. The minimum absolute atomic E-state index is 0. The third-order valence-electron chi connectivity index (χ3n) is 2.07. The average molecular weight is 298 g/mol. The summed E-state index contributed by atoms with van der Waals surface area (Å²) < 4.78 is 0. The number of carbonyl (C=O) groups excluding carboxylic acids is 1. The second-order valence-electron chi connectivity index (χ2n) is 3.40. The van der Waals surface area contributed by atoms with Crippen LogP contribution in [0.4, 0.5) is 0 Å². The summed E-state index contributed by atoms with van der Waals surface area (Å²) in [5.41, 5.74) is 6.10. The van der Waals surface area contributed by atoms with Crippen molar-refractivity contribution in [3.63, 3.8) is 0 Å². The predicted octanol–water partition coefficient (Wildman–Crippen LogP) is 2.42. The Morgan fingerprint density at radius 2 is 2.06 bits per heavy atom. The van der Waals surface area contributed by atoms with Crippen molar-refractivity contribution < 1.29 is 4.79 Å². The molecule has 3 nitrogen and oxygen atoms in total. The molecule has 0 aliphatic carbocycles. The standard InChI is InChI=1S/C11H14Cl2N2O.ClH/c12-9-3-2-8(10(13)7-9)6-11(16)15-5-1-4-14;/h2-3,7H,1,4-6,14H2,(H,15,16);1H. The molecule has 0 atom stereocenters. The fraction of sp³-hybridized carbons (Fsp3) is 0.364. The first-order valence-electron chi connectivity index (χ1n) is 5.04. The molecule has 0 aliphatic heterocycles. The first kappa shape index (κ1) is 16.5. The SMILES string of the molecule is Cl.NCCCNC(=O)Cc1ccc(Cl)cc1Cl. The molecule has 0 aliphatic rings. The van der Waals surface area contributed by atoms with Crippen molar-refractivity contribution in [2.45, 2.75) is 12.8 Å². The van der Waals surface area contributed by atoms with Crippen LogP contribution in [0.2, 0.25) is 10.0 Å². The van der Waals surface area contributed by atoms with E-state index in [0.29, 0.717) is 23.1 Å². The van der Waals surface area contributed by atoms with Gasteiger partial charge in [-0.25, -0.2) is 0 Å². The Morgan fingerprint density at radius 3 is 2.65 bits per heavy atom. The summed E-state index contributed by atoms with van der Waals surface area (Å²) >= 11 is 11.7. The molecule has 17 heavy (non-hydrogen) atoms. The van der Waals surface area contributed by atoms with Crippen molar-refractivity contribution in [2.24, 2.45) is 5.73 Å². The Balaban J connectivity index is 0.00000256. The van der Waals surface area contributed by atoms with Crippen LogP contribution in [0, 0.1) is 0 Å². The molecular weight excluding hydrogens is 282 g/mol. The van der Waals surface area contributed by atoms with E-state index in [4.69, 9.17) is 28.9 Å². The predicted molar refractivity (Wildman–Crippen MR) is 74.1 cm³/mol. The number of amides is 1. The summed E-state index contributed by atoms with van der Waals surface area (Å²) in [5, 5.41) is 3.85. The molecular formula is C11H15Cl3N2O. The van der Waals surface area contributed by atoms with E-state index in [0.717, 1.165) is 12.0 Å². The summed E-state index contributed by atoms with van der Waals surface area (Å²) in [7, 11) is 0. The molecule has 0 saturated carbocycles. The topological polar surface area (TPSA) is 55.1 Å². The Morgan fingerprint density at radius 1 is 1.35 bits per heavy atom. The number of nitrogens with two attached hydrogens (primary N) is 1. The van der Waals surface area contributed by atoms with Crippen molar-refractivity contribution in [3.8, 4) is 0 Å². The maximum absolute atomic E-state index is 11.5. The highest BCUT2D eigenvalue weighted by Gasteiger charge is 2.06. The zero-order valence-electron chi connectivity index (χ0n) is 9.21. The second-order valence-corrected chi connectivity index (χ2v) is 4.25. The van der Waals surface area contributed by atoms with E-state index in [2.05, 4.69) is 5.32 Å². The molecule has 3 N–H and O–H groups in total. The van der Waals surface area contributed by atoms with Gasteiger partial charge >= 0.3 is 0 Å². The van der Waals surface area contributed by atoms with E-state index >= 15 is 0 Å². The van der Waals surface area contributed by atoms with E-state index in [9.17, 15) is 4.79 Å². The van der Waals surface area contributed by atoms with Crippen molar-refractivity contribution >= 4 is 41.5 Å². The van der Waals surface area contributed by atoms with Crippen LogP contribution in [0.1, 0.15) is 12.0 Å². The lowest BCUT2D eigenvalue weighted by atomic mass is 10.1. The van der Waals surface area contributed by atoms with Crippen LogP contribution in [-0.4, -0.2) is 19.0 Å². The number of rotatable bonds is 5. The van der Waals surface area contributed by atoms with Gasteiger partial charge in [-0.1, -0.05) is 29.3 Å². The summed E-state index contributed by atoms with van der Waals surface area (Å²) in [6.07, 6.45) is 1.04. The normalized spacial score (nSPS) is 9.59. The van der Waals surface area contributed by atoms with Gasteiger partial charge in [-0.05, 0) is 30.7 Å². The maximum Gasteiger partial charge on any atom is 0.224 e. The van der Waals surface area contributed by atoms with E-state index in [1.54, 1.807) is 18.2 Å². The van der Waals surface area contributed by atoms with Crippen LogP contribution in [-0.2, 0) is 11.2 Å². The van der Waals surface area contributed by atoms with Gasteiger partial charge in [0.25, 0.3) is 0 Å². The molecule has 0 unspecified atom stereocenters. The van der Waals surface area contributed by atoms with E-state index in [1.165, 1.54) is 0 Å². The zero-order chi connectivity index (χ0) is 12.0. The Kier molecular flexibility index (Phi) is 8.35. The van der Waals surface area contributed by atoms with Gasteiger partial charge in [0.05, 0.1) is 6.42 Å². The van der Waals surface area contributed by atoms with Crippen LogP contribution in [0.25, 0.3) is 0 Å². The maximum atomic E-state index is 11.5. The van der Waals surface area contributed by atoms with Crippen molar-refractivity contribution in [2.75, 3.05) is 13.1 Å². The van der Waals surface area contributed by atoms with E-state index in [1.807, 2.05) is 0 Å². The van der Waals surface area contributed by atoms with E-state index in [-0.39, 0.29) is 24.7 Å². The minimum atomic E-state index is -0.0577. The molecule has 0 fully saturated rings. The third-order valence-corrected chi connectivity index (χ3v) is 2.66. The highest BCUT2D eigenvalue weighted by atomic mass is 35.5. The van der Waals surface area contributed by atoms with Gasteiger partial charge < -0.3 is 11.1 Å². The Bertz CT molecular complexity index is 372. The molecule has 1 aromatic carbocycles. The minimum Gasteiger partial charge on any atom is -0.356 e. The Labute approximate surface area is 117 Å². The molecule has 6 heteroatoms. The van der Waals surface area contributed by atoms with Gasteiger partial charge in [0.1, 0.15) is 0 Å². The number of benzene rings is 1. The highest BCUT2D eigenvalue weighted by Crippen LogP contribution is 2.21. The van der Waals surface area contributed by atoms with Gasteiger partial charge in [0.15, 0.2) is 0 Å². The largest absolute Gasteiger partial charge is 0.356 e. The molecule has 0 heterocycles. The molecule has 1 amide bonds. The lowest BCUT2D eigenvalue weighted by molar-refractivity contribution is -0.120. The van der Waals surface area contributed by atoms with Crippen LogP contribution in [0.5, 0.6) is 0 Å². The summed E-state index contributed by atoms with van der Waals surface area (Å²) in [6.45, 7) is 1.17. The third kappa shape index (κ3) is 6.13. The highest BCUT2D eigenvalue weighted by molar-refractivity contribution is 6.35. The smallest absolute Gasteiger partial charge is 0.224 e. The quantitative estimate of drug-likeness (QED) is 0.820. The lowest BCUT2D eigenvalue weighted by Gasteiger charge is -2.06. The fourth-order valence-electron chi connectivity index (χ4n) is 1.23. The second kappa shape index (κ2) is 8.59. The summed E-state index contributed by atoms with van der Waals surface area (Å²) in [5.74, 6) is -0.0577. The first-order valence-corrected chi connectivity index (χ1v) is 5.79. The molecule has 1 aromatic rings. The molecule has 0 aromatic heterocycles. The number of halogens is 3. The zero-order valence-corrected chi connectivity index (χ0v) is 11.5. The number of carbonyl (C=O) groups is 1. The molecule has 0 bridgehead atoms. The number of hydrogen-bond acceptors (Lipinski definition) is 2. The molecule has 1 rings (SSSR count). The first-order chi connectivity index (χ1) is 7.63. The van der Waals surface area contributed by atoms with Crippen LogP contribution in [0.15, 0.2) is 18.2 Å². The van der Waals surface area contributed by atoms with E-state index < -0.39 is 0 Å². The lowest BCUT2D eigenvalue weighted by Crippen LogP contribution is -2.27.